The molecule has 1 aromatic heterocycles. The van der Waals surface area contributed by atoms with Crippen LogP contribution in [0.3, 0.4) is 0 Å². The van der Waals surface area contributed by atoms with Crippen molar-refractivity contribution in [3.63, 3.8) is 0 Å². The summed E-state index contributed by atoms with van der Waals surface area (Å²) in [7, 11) is 0. The van der Waals surface area contributed by atoms with Gasteiger partial charge in [0.2, 0.25) is 0 Å². The summed E-state index contributed by atoms with van der Waals surface area (Å²) in [5, 5.41) is 13.7. The van der Waals surface area contributed by atoms with E-state index in [1.807, 2.05) is 19.1 Å². The third-order valence-electron chi connectivity index (χ3n) is 3.52. The maximum absolute atomic E-state index is 11.9. The summed E-state index contributed by atoms with van der Waals surface area (Å²) in [6.07, 6.45) is 0. The van der Waals surface area contributed by atoms with Crippen molar-refractivity contribution in [2.24, 2.45) is 0 Å². The summed E-state index contributed by atoms with van der Waals surface area (Å²) in [4.78, 5) is 23.6. The highest BCUT2D eigenvalue weighted by atomic mass is 35.5. The van der Waals surface area contributed by atoms with Crippen molar-refractivity contribution in [3.05, 3.63) is 57.8 Å². The van der Waals surface area contributed by atoms with E-state index >= 15 is 0 Å². The fourth-order valence-electron chi connectivity index (χ4n) is 2.43. The maximum atomic E-state index is 11.9. The van der Waals surface area contributed by atoms with Crippen molar-refractivity contribution < 1.29 is 4.79 Å². The number of hydrogen-bond donors (Lipinski definition) is 3. The van der Waals surface area contributed by atoms with Gasteiger partial charge in [-0.25, -0.2) is 9.89 Å². The minimum Gasteiger partial charge on any atom is -0.338 e. The van der Waals surface area contributed by atoms with Crippen LogP contribution >= 0.6 is 11.6 Å². The molecule has 3 N–H and O–H groups in total. The van der Waals surface area contributed by atoms with Crippen LogP contribution in [0.25, 0.3) is 22.0 Å². The highest BCUT2D eigenvalue weighted by molar-refractivity contribution is 6.33. The van der Waals surface area contributed by atoms with E-state index in [2.05, 4.69) is 20.8 Å². The molecule has 122 valence electrons. The highest BCUT2D eigenvalue weighted by Crippen LogP contribution is 2.30. The first-order valence-electron chi connectivity index (χ1n) is 7.42. The van der Waals surface area contributed by atoms with Gasteiger partial charge in [0, 0.05) is 17.5 Å². The van der Waals surface area contributed by atoms with Crippen molar-refractivity contribution in [3.8, 4) is 11.3 Å². The number of aromatic nitrogens is 2. The average Bonchev–Trinajstić information content (AvgIpc) is 2.58. The Bertz CT molecular complexity index is 968. The molecule has 0 radical (unpaired) electrons. The molecule has 0 aliphatic rings. The molecule has 2 aromatic carbocycles. The van der Waals surface area contributed by atoms with Gasteiger partial charge in [0.1, 0.15) is 0 Å². The lowest BCUT2D eigenvalue weighted by Crippen LogP contribution is -2.28. The lowest BCUT2D eigenvalue weighted by atomic mass is 10.0. The summed E-state index contributed by atoms with van der Waals surface area (Å²) < 4.78 is 0. The van der Waals surface area contributed by atoms with Crippen LogP contribution in [0.5, 0.6) is 0 Å². The molecule has 0 saturated heterocycles. The van der Waals surface area contributed by atoms with Gasteiger partial charge < -0.3 is 10.6 Å². The van der Waals surface area contributed by atoms with Crippen LogP contribution in [0.4, 0.5) is 10.5 Å². The Morgan fingerprint density at radius 2 is 1.96 bits per heavy atom. The molecule has 7 heteroatoms. The number of H-pyrrole nitrogens is 1. The number of carbonyl (C=O) groups excluding carboxylic acids is 1. The predicted octanol–water partition coefficient (Wildman–Crippen LogP) is 3.38. The second kappa shape index (κ2) is 6.72. The molecule has 24 heavy (non-hydrogen) atoms. The third kappa shape index (κ3) is 3.09. The Hall–Kier alpha value is -2.86. The first-order chi connectivity index (χ1) is 11.6. The van der Waals surface area contributed by atoms with E-state index in [-0.39, 0.29) is 11.6 Å². The van der Waals surface area contributed by atoms with Crippen molar-refractivity contribution in [2.75, 3.05) is 11.9 Å². The number of aromatic amines is 1. The number of rotatable bonds is 3. The van der Waals surface area contributed by atoms with Crippen LogP contribution in [0.1, 0.15) is 6.92 Å². The number of hydrogen-bond acceptors (Lipinski definition) is 3. The highest BCUT2D eigenvalue weighted by Gasteiger charge is 2.11. The van der Waals surface area contributed by atoms with E-state index in [0.29, 0.717) is 28.3 Å². The molecule has 2 amide bonds. The van der Waals surface area contributed by atoms with Gasteiger partial charge in [0.15, 0.2) is 0 Å². The summed E-state index contributed by atoms with van der Waals surface area (Å²) in [5.41, 5.74) is 1.57. The van der Waals surface area contributed by atoms with Crippen molar-refractivity contribution in [1.82, 2.24) is 15.5 Å². The van der Waals surface area contributed by atoms with Crippen molar-refractivity contribution >= 4 is 34.1 Å². The van der Waals surface area contributed by atoms with Crippen molar-refractivity contribution in [2.45, 2.75) is 6.92 Å². The molecule has 0 fully saturated rings. The Kier molecular flexibility index (Phi) is 4.48. The Morgan fingerprint density at radius 1 is 1.21 bits per heavy atom. The lowest BCUT2D eigenvalue weighted by Gasteiger charge is -2.10. The molecule has 0 unspecified atom stereocenters. The molecule has 0 aliphatic heterocycles. The number of carbonyl (C=O) groups is 1. The number of nitrogens with zero attached hydrogens (tertiary/aromatic N) is 1. The molecule has 6 nitrogen and oxygen atoms in total. The molecular formula is C17H15ClN4O2. The average molecular weight is 343 g/mol. The number of halogens is 1. The Balaban J connectivity index is 2.09. The van der Waals surface area contributed by atoms with Gasteiger partial charge >= 0.3 is 6.03 Å². The second-order valence-corrected chi connectivity index (χ2v) is 5.53. The molecule has 1 heterocycles. The molecule has 0 saturated carbocycles. The molecule has 0 spiro atoms. The zero-order valence-corrected chi connectivity index (χ0v) is 13.6. The zero-order valence-electron chi connectivity index (χ0n) is 12.9. The Morgan fingerprint density at radius 3 is 2.71 bits per heavy atom. The van der Waals surface area contributed by atoms with E-state index in [9.17, 15) is 9.59 Å². The zero-order chi connectivity index (χ0) is 17.1. The van der Waals surface area contributed by atoms with Crippen LogP contribution < -0.4 is 16.2 Å². The van der Waals surface area contributed by atoms with E-state index in [1.165, 1.54) is 0 Å². The normalized spacial score (nSPS) is 10.6. The van der Waals surface area contributed by atoms with Crippen LogP contribution in [-0.4, -0.2) is 22.8 Å². The number of amides is 2. The summed E-state index contributed by atoms with van der Waals surface area (Å²) >= 11 is 6.15. The SMILES string of the molecule is CCNC(=O)Nc1cc(-c2n[nH]c(=O)c3ccccc23)ccc1Cl. The number of nitrogens with one attached hydrogen (secondary N) is 3. The van der Waals surface area contributed by atoms with Crippen LogP contribution in [-0.2, 0) is 0 Å². The molecule has 0 atom stereocenters. The third-order valence-corrected chi connectivity index (χ3v) is 3.85. The summed E-state index contributed by atoms with van der Waals surface area (Å²) in [6.45, 7) is 2.34. The molecule has 0 bridgehead atoms. The smallest absolute Gasteiger partial charge is 0.319 e. The van der Waals surface area contributed by atoms with Gasteiger partial charge in [-0.3, -0.25) is 4.79 Å². The number of fused-ring (bicyclic) bond motifs is 1. The fourth-order valence-corrected chi connectivity index (χ4v) is 2.60. The van der Waals surface area contributed by atoms with Crippen LogP contribution in [0.2, 0.25) is 5.02 Å². The van der Waals surface area contributed by atoms with E-state index in [1.54, 1.807) is 30.3 Å². The standard InChI is InChI=1S/C17H15ClN4O2/c1-2-19-17(24)20-14-9-10(7-8-13(14)18)15-11-5-3-4-6-12(11)16(23)22-21-15/h3-9H,2H2,1H3,(H,22,23)(H2,19,20,24). The monoisotopic (exact) mass is 342 g/mol. The van der Waals surface area contributed by atoms with E-state index in [0.717, 1.165) is 10.9 Å². The minimum absolute atomic E-state index is 0.246. The number of anilines is 1. The summed E-state index contributed by atoms with van der Waals surface area (Å²) in [5.74, 6) is 0. The van der Waals surface area contributed by atoms with E-state index < -0.39 is 0 Å². The maximum Gasteiger partial charge on any atom is 0.319 e. The van der Waals surface area contributed by atoms with Gasteiger partial charge in [-0.05, 0) is 25.1 Å². The quantitative estimate of drug-likeness (QED) is 0.682. The van der Waals surface area contributed by atoms with Gasteiger partial charge in [-0.1, -0.05) is 35.9 Å². The molecule has 3 rings (SSSR count). The second-order valence-electron chi connectivity index (χ2n) is 5.13. The fraction of sp³-hybridized carbons (Fsp3) is 0.118. The number of benzene rings is 2. The van der Waals surface area contributed by atoms with Crippen molar-refractivity contribution in [1.29, 1.82) is 0 Å². The molecule has 3 aromatic rings. The van der Waals surface area contributed by atoms with Crippen LogP contribution in [0.15, 0.2) is 47.3 Å². The topological polar surface area (TPSA) is 86.9 Å². The van der Waals surface area contributed by atoms with Crippen LogP contribution in [0, 0.1) is 0 Å². The number of urea groups is 1. The summed E-state index contributed by atoms with van der Waals surface area (Å²) in [6, 6.07) is 12.1. The Labute approximate surface area is 142 Å². The first-order valence-corrected chi connectivity index (χ1v) is 7.80. The first kappa shape index (κ1) is 16.0. The minimum atomic E-state index is -0.337. The predicted molar refractivity (Wildman–Crippen MR) is 95.5 cm³/mol. The van der Waals surface area contributed by atoms with Gasteiger partial charge in [0.25, 0.3) is 5.56 Å². The van der Waals surface area contributed by atoms with Gasteiger partial charge in [-0.2, -0.15) is 5.10 Å². The molecule has 0 aliphatic carbocycles. The van der Waals surface area contributed by atoms with Gasteiger partial charge in [-0.15, -0.1) is 0 Å². The van der Waals surface area contributed by atoms with E-state index in [4.69, 9.17) is 11.6 Å². The van der Waals surface area contributed by atoms with Gasteiger partial charge in [0.05, 0.1) is 21.8 Å². The molecular weight excluding hydrogens is 328 g/mol. The lowest BCUT2D eigenvalue weighted by molar-refractivity contribution is 0.252. The largest absolute Gasteiger partial charge is 0.338 e.